The van der Waals surface area contributed by atoms with Crippen LogP contribution in [0, 0.1) is 12.8 Å². The van der Waals surface area contributed by atoms with Crippen molar-refractivity contribution in [2.45, 2.75) is 58.5 Å². The molecule has 1 saturated carbocycles. The third-order valence-corrected chi connectivity index (χ3v) is 8.30. The van der Waals surface area contributed by atoms with Gasteiger partial charge in [0.25, 0.3) is 0 Å². The molecular formula is C31H34N4O3. The van der Waals surface area contributed by atoms with Crippen LogP contribution in [0.3, 0.4) is 0 Å². The number of rotatable bonds is 6. The maximum Gasteiger partial charge on any atom is 0.334 e. The monoisotopic (exact) mass is 510 g/mol. The Labute approximate surface area is 221 Å². The fraction of sp³-hybridized carbons (Fsp3) is 0.355. The number of benzene rings is 3. The van der Waals surface area contributed by atoms with Crippen LogP contribution in [0.25, 0.3) is 27.8 Å². The largest absolute Gasteiger partial charge is 0.494 e. The predicted molar refractivity (Wildman–Crippen MR) is 152 cm³/mol. The van der Waals surface area contributed by atoms with E-state index in [0.717, 1.165) is 46.0 Å². The number of ether oxygens (including phenoxy) is 1. The summed E-state index contributed by atoms with van der Waals surface area (Å²) in [6.45, 7) is 4.53. The van der Waals surface area contributed by atoms with Gasteiger partial charge >= 0.3 is 11.4 Å². The first-order valence-electron chi connectivity index (χ1n) is 13.6. The molecule has 1 aliphatic carbocycles. The summed E-state index contributed by atoms with van der Waals surface area (Å²) in [7, 11) is 1.62. The maximum absolute atomic E-state index is 14.1. The number of imidazole rings is 2. The van der Waals surface area contributed by atoms with E-state index >= 15 is 0 Å². The van der Waals surface area contributed by atoms with E-state index in [0.29, 0.717) is 23.9 Å². The Balaban J connectivity index is 1.50. The average Bonchev–Trinajstić information content (AvgIpc) is 3.40. The van der Waals surface area contributed by atoms with E-state index in [2.05, 4.69) is 11.9 Å². The van der Waals surface area contributed by atoms with Crippen LogP contribution in [-0.2, 0) is 6.54 Å². The molecule has 0 aliphatic heterocycles. The van der Waals surface area contributed by atoms with E-state index in [-0.39, 0.29) is 17.4 Å². The molecule has 3 aromatic carbocycles. The number of aromatic nitrogens is 4. The highest BCUT2D eigenvalue weighted by molar-refractivity contribution is 5.79. The fourth-order valence-corrected chi connectivity index (χ4v) is 6.32. The molecule has 1 aliphatic rings. The standard InChI is InChI=1S/C31H34N4O3/c1-20-16-17-24-28(18-20)33(30(36)32-24)19-23-12-9-15-27(29(23)38-3)35-26-14-8-7-13-25(26)34(31(35)37)21(2)22-10-5-4-6-11-22/h7-9,12-18,21-22H,4-6,10-11,19H2,1-3H3,(H,32,36). The Morgan fingerprint density at radius 3 is 2.47 bits per heavy atom. The van der Waals surface area contributed by atoms with E-state index < -0.39 is 0 Å². The van der Waals surface area contributed by atoms with Gasteiger partial charge in [-0.05, 0) is 68.5 Å². The molecule has 0 radical (unpaired) electrons. The maximum atomic E-state index is 14.1. The van der Waals surface area contributed by atoms with Crippen molar-refractivity contribution in [2.75, 3.05) is 7.11 Å². The Morgan fingerprint density at radius 1 is 0.947 bits per heavy atom. The molecule has 1 unspecified atom stereocenters. The van der Waals surface area contributed by atoms with Crippen LogP contribution in [0.4, 0.5) is 0 Å². The summed E-state index contributed by atoms with van der Waals surface area (Å²) in [5.74, 6) is 1.09. The molecule has 1 N–H and O–H groups in total. The second kappa shape index (κ2) is 9.71. The van der Waals surface area contributed by atoms with Crippen molar-refractivity contribution >= 4 is 22.1 Å². The average molecular weight is 511 g/mol. The summed E-state index contributed by atoms with van der Waals surface area (Å²) >= 11 is 0. The van der Waals surface area contributed by atoms with Crippen molar-refractivity contribution in [1.29, 1.82) is 0 Å². The molecular weight excluding hydrogens is 476 g/mol. The van der Waals surface area contributed by atoms with E-state index in [1.165, 1.54) is 19.3 Å². The minimum absolute atomic E-state index is 0.0559. The van der Waals surface area contributed by atoms with Crippen molar-refractivity contribution in [3.8, 4) is 11.4 Å². The first kappa shape index (κ1) is 24.3. The molecule has 7 heteroatoms. The Morgan fingerprint density at radius 2 is 1.71 bits per heavy atom. The Kier molecular flexibility index (Phi) is 6.22. The van der Waals surface area contributed by atoms with Crippen molar-refractivity contribution in [1.82, 2.24) is 18.7 Å². The lowest BCUT2D eigenvalue weighted by molar-refractivity contribution is 0.263. The van der Waals surface area contributed by atoms with Gasteiger partial charge in [-0.25, -0.2) is 9.59 Å². The number of methoxy groups -OCH3 is 1. The molecule has 1 fully saturated rings. The highest BCUT2D eigenvalue weighted by atomic mass is 16.5. The van der Waals surface area contributed by atoms with Gasteiger partial charge in [0.15, 0.2) is 0 Å². The third kappa shape index (κ3) is 3.97. The van der Waals surface area contributed by atoms with E-state index in [1.54, 1.807) is 16.2 Å². The van der Waals surface area contributed by atoms with E-state index in [1.807, 2.05) is 72.2 Å². The topological polar surface area (TPSA) is 73.9 Å². The molecule has 2 aromatic heterocycles. The van der Waals surface area contributed by atoms with Gasteiger partial charge in [-0.3, -0.25) is 13.7 Å². The second-order valence-electron chi connectivity index (χ2n) is 10.6. The number of para-hydroxylation sites is 3. The number of nitrogens with zero attached hydrogens (tertiary/aromatic N) is 3. The van der Waals surface area contributed by atoms with Crippen LogP contribution in [-0.4, -0.2) is 25.8 Å². The normalized spacial score (nSPS) is 15.3. The molecule has 0 bridgehead atoms. The van der Waals surface area contributed by atoms with E-state index in [9.17, 15) is 9.59 Å². The molecule has 1 atom stereocenters. The summed E-state index contributed by atoms with van der Waals surface area (Å²) < 4.78 is 11.4. The van der Waals surface area contributed by atoms with Crippen LogP contribution >= 0.6 is 0 Å². The summed E-state index contributed by atoms with van der Waals surface area (Å²) in [5, 5.41) is 0. The fourth-order valence-electron chi connectivity index (χ4n) is 6.32. The number of nitrogens with one attached hydrogen (secondary N) is 1. The zero-order valence-electron chi connectivity index (χ0n) is 22.2. The van der Waals surface area contributed by atoms with Gasteiger partial charge < -0.3 is 9.72 Å². The van der Waals surface area contributed by atoms with Crippen LogP contribution in [0.1, 0.15) is 56.2 Å². The van der Waals surface area contributed by atoms with Crippen molar-refractivity contribution < 1.29 is 4.74 Å². The first-order chi connectivity index (χ1) is 18.5. The van der Waals surface area contributed by atoms with Gasteiger partial charge in [0.05, 0.1) is 41.4 Å². The lowest BCUT2D eigenvalue weighted by Crippen LogP contribution is -2.30. The third-order valence-electron chi connectivity index (χ3n) is 8.30. The molecule has 0 spiro atoms. The molecule has 0 saturated heterocycles. The quantitative estimate of drug-likeness (QED) is 0.307. The number of aromatic amines is 1. The minimum atomic E-state index is -0.173. The molecule has 196 valence electrons. The first-order valence-corrected chi connectivity index (χ1v) is 13.6. The molecule has 0 amide bonds. The molecule has 7 nitrogen and oxygen atoms in total. The lowest BCUT2D eigenvalue weighted by atomic mass is 9.84. The smallest absolute Gasteiger partial charge is 0.334 e. The van der Waals surface area contributed by atoms with Crippen LogP contribution in [0.5, 0.6) is 5.75 Å². The number of H-pyrrole nitrogens is 1. The van der Waals surface area contributed by atoms with E-state index in [4.69, 9.17) is 4.74 Å². The Hall–Kier alpha value is -4.00. The van der Waals surface area contributed by atoms with Crippen molar-refractivity contribution in [3.63, 3.8) is 0 Å². The molecule has 5 aromatic rings. The highest BCUT2D eigenvalue weighted by Gasteiger charge is 2.27. The second-order valence-corrected chi connectivity index (χ2v) is 10.6. The van der Waals surface area contributed by atoms with Gasteiger partial charge in [0, 0.05) is 11.6 Å². The Bertz CT molecular complexity index is 1750. The van der Waals surface area contributed by atoms with Gasteiger partial charge in [0.2, 0.25) is 0 Å². The highest BCUT2D eigenvalue weighted by Crippen LogP contribution is 2.35. The summed E-state index contributed by atoms with van der Waals surface area (Å²) in [6.07, 6.45) is 6.05. The number of aryl methyl sites for hydroxylation is 1. The van der Waals surface area contributed by atoms with Gasteiger partial charge in [-0.15, -0.1) is 0 Å². The summed E-state index contributed by atoms with van der Waals surface area (Å²) in [6, 6.07) is 19.8. The van der Waals surface area contributed by atoms with Gasteiger partial charge in [-0.2, -0.15) is 0 Å². The van der Waals surface area contributed by atoms with Crippen molar-refractivity contribution in [2.24, 2.45) is 5.92 Å². The van der Waals surface area contributed by atoms with Crippen LogP contribution in [0.2, 0.25) is 0 Å². The lowest BCUT2D eigenvalue weighted by Gasteiger charge is -2.28. The van der Waals surface area contributed by atoms with Gasteiger partial charge in [-0.1, -0.05) is 49.6 Å². The molecule has 38 heavy (non-hydrogen) atoms. The zero-order valence-corrected chi connectivity index (χ0v) is 22.2. The minimum Gasteiger partial charge on any atom is -0.494 e. The molecule has 6 rings (SSSR count). The number of hydrogen-bond acceptors (Lipinski definition) is 3. The summed E-state index contributed by atoms with van der Waals surface area (Å²) in [4.78, 5) is 30.0. The zero-order chi connectivity index (χ0) is 26.4. The molecule has 2 heterocycles. The summed E-state index contributed by atoms with van der Waals surface area (Å²) in [5.41, 5.74) is 5.81. The van der Waals surface area contributed by atoms with Gasteiger partial charge in [0.1, 0.15) is 5.75 Å². The number of hydrogen-bond donors (Lipinski definition) is 1. The van der Waals surface area contributed by atoms with Crippen molar-refractivity contribution in [3.05, 3.63) is 92.8 Å². The van der Waals surface area contributed by atoms with Crippen LogP contribution in [0.15, 0.2) is 70.3 Å². The predicted octanol–water partition coefficient (Wildman–Crippen LogP) is 5.94. The SMILES string of the molecule is COc1c(Cn2c(=O)[nH]c3ccc(C)cc32)cccc1-n1c(=O)n(C(C)C2CCCCC2)c2ccccc21. The number of fused-ring (bicyclic) bond motifs is 2. The van der Waals surface area contributed by atoms with Crippen LogP contribution < -0.4 is 16.1 Å².